The number of aliphatic carboxylic acids is 1. The van der Waals surface area contributed by atoms with Gasteiger partial charge in [0, 0.05) is 22.7 Å². The molecule has 1 aliphatic heterocycles. The molecular weight excluding hydrogens is 533 g/mol. The highest BCUT2D eigenvalue weighted by molar-refractivity contribution is 6.32. The zero-order valence-corrected chi connectivity index (χ0v) is 22.5. The van der Waals surface area contributed by atoms with E-state index in [1.54, 1.807) is 24.3 Å². The fourth-order valence-corrected chi connectivity index (χ4v) is 5.53. The van der Waals surface area contributed by atoms with Crippen LogP contribution in [0.3, 0.4) is 0 Å². The third-order valence-electron chi connectivity index (χ3n) is 7.21. The maximum Gasteiger partial charge on any atom is 0.303 e. The molecule has 0 amide bonds. The number of benzene rings is 2. The monoisotopic (exact) mass is 560 g/mol. The fourth-order valence-electron chi connectivity index (χ4n) is 5.05. The minimum absolute atomic E-state index is 0.0247. The van der Waals surface area contributed by atoms with Gasteiger partial charge in [0.25, 0.3) is 0 Å². The van der Waals surface area contributed by atoms with E-state index in [2.05, 4.69) is 21.7 Å². The third kappa shape index (κ3) is 6.74. The Bertz CT molecular complexity index is 1380. The summed E-state index contributed by atoms with van der Waals surface area (Å²) in [4.78, 5) is 18.2. The highest BCUT2D eigenvalue weighted by Crippen LogP contribution is 2.44. The van der Waals surface area contributed by atoms with Gasteiger partial charge in [0.05, 0.1) is 35.6 Å². The molecule has 0 radical (unpaired) electrons. The van der Waals surface area contributed by atoms with Gasteiger partial charge in [-0.15, -0.1) is 0 Å². The van der Waals surface area contributed by atoms with Crippen LogP contribution in [0.1, 0.15) is 49.4 Å². The van der Waals surface area contributed by atoms with Gasteiger partial charge in [0.15, 0.2) is 0 Å². The molecule has 200 valence electrons. The number of rotatable bonds is 8. The van der Waals surface area contributed by atoms with Crippen LogP contribution in [0, 0.1) is 23.1 Å². The molecule has 1 fully saturated rings. The van der Waals surface area contributed by atoms with Gasteiger partial charge in [-0.05, 0) is 80.6 Å². The van der Waals surface area contributed by atoms with Crippen LogP contribution < -0.4 is 4.74 Å². The Kier molecular flexibility index (Phi) is 9.09. The highest BCUT2D eigenvalue weighted by Gasteiger charge is 2.37. The van der Waals surface area contributed by atoms with Crippen molar-refractivity contribution >= 4 is 40.1 Å². The molecule has 2 heterocycles. The number of carboxylic acids is 1. The van der Waals surface area contributed by atoms with Crippen molar-refractivity contribution in [3.05, 3.63) is 69.6 Å². The van der Waals surface area contributed by atoms with Crippen LogP contribution in [0.15, 0.2) is 42.6 Å². The SMILES string of the molecule is COc1ccc2ncc(Cl)c([C@H](F)CCC3(CC(=O)O)CCN(CC#Cc4ccc(F)cc4Cl)CC3)c2c1. The molecule has 1 N–H and O–H groups in total. The number of nitrogens with zero attached hydrogens (tertiary/aromatic N) is 2. The van der Waals surface area contributed by atoms with Crippen LogP contribution in [0.25, 0.3) is 10.9 Å². The summed E-state index contributed by atoms with van der Waals surface area (Å²) in [6, 6.07) is 9.32. The molecule has 5 nitrogen and oxygen atoms in total. The number of hydrogen-bond donors (Lipinski definition) is 1. The number of hydrogen-bond acceptors (Lipinski definition) is 4. The smallest absolute Gasteiger partial charge is 0.303 e. The van der Waals surface area contributed by atoms with E-state index in [9.17, 15) is 14.3 Å². The van der Waals surface area contributed by atoms with Gasteiger partial charge in [-0.3, -0.25) is 14.7 Å². The molecule has 38 heavy (non-hydrogen) atoms. The van der Waals surface area contributed by atoms with Gasteiger partial charge in [0.1, 0.15) is 17.7 Å². The van der Waals surface area contributed by atoms with E-state index in [4.69, 9.17) is 27.9 Å². The Balaban J connectivity index is 1.43. The van der Waals surface area contributed by atoms with Crippen molar-refractivity contribution < 1.29 is 23.4 Å². The molecule has 0 saturated carbocycles. The topological polar surface area (TPSA) is 62.7 Å². The van der Waals surface area contributed by atoms with Gasteiger partial charge < -0.3 is 9.84 Å². The lowest BCUT2D eigenvalue weighted by molar-refractivity contribution is -0.141. The highest BCUT2D eigenvalue weighted by atomic mass is 35.5. The Labute approximate surface area is 230 Å². The van der Waals surface area contributed by atoms with Gasteiger partial charge >= 0.3 is 5.97 Å². The maximum atomic E-state index is 15.7. The number of likely N-dealkylation sites (tertiary alicyclic amines) is 1. The average Bonchev–Trinajstić information content (AvgIpc) is 2.89. The van der Waals surface area contributed by atoms with Crippen molar-refractivity contribution in [1.29, 1.82) is 0 Å². The first-order valence-corrected chi connectivity index (χ1v) is 13.1. The average molecular weight is 561 g/mol. The van der Waals surface area contributed by atoms with Crippen molar-refractivity contribution in [3.63, 3.8) is 0 Å². The normalized spacial score (nSPS) is 16.0. The number of fused-ring (bicyclic) bond motifs is 1. The Morgan fingerprint density at radius 3 is 2.66 bits per heavy atom. The standard InChI is InChI=1S/C29H28Cl2F2N2O3/c1-38-21-6-7-26-22(16-21)28(24(31)18-34-26)25(33)8-9-29(17-27(36)37)10-13-35(14-11-29)12-2-3-19-4-5-20(32)15-23(19)30/h4-7,15-16,18,25H,8-14,17H2,1H3,(H,36,37)/t25-/m1/s1. The first-order chi connectivity index (χ1) is 18.2. The van der Waals surface area contributed by atoms with Crippen molar-refractivity contribution in [2.75, 3.05) is 26.7 Å². The summed E-state index contributed by atoms with van der Waals surface area (Å²) in [6.45, 7) is 1.77. The van der Waals surface area contributed by atoms with Crippen molar-refractivity contribution in [2.45, 2.75) is 38.3 Å². The summed E-state index contributed by atoms with van der Waals surface area (Å²) >= 11 is 12.4. The van der Waals surface area contributed by atoms with E-state index in [-0.39, 0.29) is 22.9 Å². The minimum Gasteiger partial charge on any atom is -0.497 e. The van der Waals surface area contributed by atoms with E-state index in [1.165, 1.54) is 25.4 Å². The molecule has 9 heteroatoms. The predicted molar refractivity (Wildman–Crippen MR) is 145 cm³/mol. The number of piperidine rings is 1. The number of methoxy groups -OCH3 is 1. The Morgan fingerprint density at radius 2 is 1.97 bits per heavy atom. The maximum absolute atomic E-state index is 15.7. The number of aromatic nitrogens is 1. The van der Waals surface area contributed by atoms with Gasteiger partial charge in [0.2, 0.25) is 0 Å². The summed E-state index contributed by atoms with van der Waals surface area (Å²) in [5.74, 6) is 5.30. The summed E-state index contributed by atoms with van der Waals surface area (Å²) in [6.07, 6.45) is 1.83. The molecule has 4 rings (SSSR count). The second kappa shape index (κ2) is 12.3. The molecule has 0 aliphatic carbocycles. The van der Waals surface area contributed by atoms with Crippen LogP contribution in [-0.2, 0) is 4.79 Å². The van der Waals surface area contributed by atoms with E-state index in [0.29, 0.717) is 66.7 Å². The van der Waals surface area contributed by atoms with E-state index >= 15 is 4.39 Å². The van der Waals surface area contributed by atoms with Crippen molar-refractivity contribution in [1.82, 2.24) is 9.88 Å². The molecule has 2 aromatic carbocycles. The summed E-state index contributed by atoms with van der Waals surface area (Å²) < 4.78 is 34.2. The quantitative estimate of drug-likeness (QED) is 0.298. The molecular formula is C29H28Cl2F2N2O3. The lowest BCUT2D eigenvalue weighted by atomic mass is 9.71. The number of pyridine rings is 1. The lowest BCUT2D eigenvalue weighted by Gasteiger charge is -2.41. The number of carboxylic acid groups (broad SMARTS) is 1. The largest absolute Gasteiger partial charge is 0.497 e. The molecule has 1 atom stereocenters. The predicted octanol–water partition coefficient (Wildman–Crippen LogP) is 7.09. The number of halogens is 4. The van der Waals surface area contributed by atoms with Gasteiger partial charge in [-0.1, -0.05) is 35.0 Å². The molecule has 0 spiro atoms. The van der Waals surface area contributed by atoms with Crippen molar-refractivity contribution in [2.24, 2.45) is 5.41 Å². The second-order valence-electron chi connectivity index (χ2n) is 9.68. The molecule has 0 unspecified atom stereocenters. The zero-order valence-electron chi connectivity index (χ0n) is 20.9. The first-order valence-electron chi connectivity index (χ1n) is 12.3. The van der Waals surface area contributed by atoms with Crippen LogP contribution in [-0.4, -0.2) is 47.7 Å². The molecule has 1 saturated heterocycles. The molecule has 1 aliphatic rings. The zero-order chi connectivity index (χ0) is 27.3. The molecule has 1 aromatic heterocycles. The molecule has 3 aromatic rings. The van der Waals surface area contributed by atoms with Crippen LogP contribution in [0.2, 0.25) is 10.0 Å². The Morgan fingerprint density at radius 1 is 1.21 bits per heavy atom. The van der Waals surface area contributed by atoms with E-state index in [1.807, 2.05) is 0 Å². The van der Waals surface area contributed by atoms with Crippen LogP contribution in [0.5, 0.6) is 5.75 Å². The fraction of sp³-hybridized carbons (Fsp3) is 0.379. The first kappa shape index (κ1) is 28.1. The van der Waals surface area contributed by atoms with Crippen LogP contribution >= 0.6 is 23.2 Å². The van der Waals surface area contributed by atoms with E-state index in [0.717, 1.165) is 0 Å². The minimum atomic E-state index is -1.38. The second-order valence-corrected chi connectivity index (χ2v) is 10.5. The summed E-state index contributed by atoms with van der Waals surface area (Å²) in [7, 11) is 1.54. The third-order valence-corrected chi connectivity index (χ3v) is 7.82. The number of ether oxygens (including phenoxy) is 1. The van der Waals surface area contributed by atoms with E-state index < -0.39 is 23.4 Å². The van der Waals surface area contributed by atoms with Gasteiger partial charge in [-0.25, -0.2) is 8.78 Å². The lowest BCUT2D eigenvalue weighted by Crippen LogP contribution is -2.41. The Hall–Kier alpha value is -2.92. The summed E-state index contributed by atoms with van der Waals surface area (Å²) in [5.41, 5.74) is 1.00. The molecule has 0 bridgehead atoms. The van der Waals surface area contributed by atoms with Crippen molar-refractivity contribution in [3.8, 4) is 17.6 Å². The number of carbonyl (C=O) groups is 1. The number of alkyl halides is 1. The van der Waals surface area contributed by atoms with Crippen LogP contribution in [0.4, 0.5) is 8.78 Å². The summed E-state index contributed by atoms with van der Waals surface area (Å²) in [5, 5.41) is 10.7. The van der Waals surface area contributed by atoms with Gasteiger partial charge in [-0.2, -0.15) is 0 Å².